The Morgan fingerprint density at radius 2 is 1.80 bits per heavy atom. The van der Waals surface area contributed by atoms with E-state index in [4.69, 9.17) is 0 Å². The van der Waals surface area contributed by atoms with Crippen molar-refractivity contribution in [2.45, 2.75) is 13.1 Å². The van der Waals surface area contributed by atoms with Crippen molar-refractivity contribution >= 4 is 11.6 Å². The molecule has 0 saturated carbocycles. The Bertz CT molecular complexity index is 838. The number of pyridine rings is 2. The summed E-state index contributed by atoms with van der Waals surface area (Å²) in [4.78, 5) is 20.2. The van der Waals surface area contributed by atoms with E-state index in [9.17, 15) is 9.18 Å². The standard InChI is InChI=1S/C19H17FN4O/c20-17-4-2-1-3-15(17)12-24-19(25)18-6-5-16(13-23-18)22-11-14-7-9-21-10-8-14/h1-10,13,22H,11-12H2,(H,24,25). The van der Waals surface area contributed by atoms with Gasteiger partial charge in [0.2, 0.25) is 0 Å². The minimum absolute atomic E-state index is 0.120. The molecule has 2 N–H and O–H groups in total. The maximum atomic E-state index is 13.5. The van der Waals surface area contributed by atoms with E-state index in [1.807, 2.05) is 12.1 Å². The lowest BCUT2D eigenvalue weighted by molar-refractivity contribution is 0.0945. The van der Waals surface area contributed by atoms with Crippen molar-refractivity contribution in [3.8, 4) is 0 Å². The molecule has 0 atom stereocenters. The fraction of sp³-hybridized carbons (Fsp3) is 0.105. The van der Waals surface area contributed by atoms with Crippen molar-refractivity contribution in [2.24, 2.45) is 0 Å². The van der Waals surface area contributed by atoms with Crippen LogP contribution < -0.4 is 10.6 Å². The van der Waals surface area contributed by atoms with Crippen molar-refractivity contribution in [1.29, 1.82) is 0 Å². The SMILES string of the molecule is O=C(NCc1ccccc1F)c1ccc(NCc2ccncc2)cn1. The molecule has 0 radical (unpaired) electrons. The summed E-state index contributed by atoms with van der Waals surface area (Å²) < 4.78 is 13.5. The van der Waals surface area contributed by atoms with Gasteiger partial charge in [-0.05, 0) is 35.9 Å². The van der Waals surface area contributed by atoms with E-state index in [2.05, 4.69) is 20.6 Å². The molecule has 25 heavy (non-hydrogen) atoms. The average Bonchev–Trinajstić information content (AvgIpc) is 2.67. The topological polar surface area (TPSA) is 66.9 Å². The van der Waals surface area contributed by atoms with Gasteiger partial charge in [-0.15, -0.1) is 0 Å². The quantitative estimate of drug-likeness (QED) is 0.726. The van der Waals surface area contributed by atoms with Gasteiger partial charge in [0.15, 0.2) is 0 Å². The van der Waals surface area contributed by atoms with Crippen molar-refractivity contribution < 1.29 is 9.18 Å². The Labute approximate surface area is 145 Å². The van der Waals surface area contributed by atoms with Gasteiger partial charge in [-0.25, -0.2) is 9.37 Å². The smallest absolute Gasteiger partial charge is 0.270 e. The second-order valence-electron chi connectivity index (χ2n) is 5.42. The summed E-state index contributed by atoms with van der Waals surface area (Å²) >= 11 is 0. The van der Waals surface area contributed by atoms with Crippen LogP contribution >= 0.6 is 0 Å². The van der Waals surface area contributed by atoms with Crippen LogP contribution in [0.3, 0.4) is 0 Å². The molecule has 0 unspecified atom stereocenters. The second-order valence-corrected chi connectivity index (χ2v) is 5.42. The third-order valence-electron chi connectivity index (χ3n) is 3.64. The number of benzene rings is 1. The minimum Gasteiger partial charge on any atom is -0.380 e. The van der Waals surface area contributed by atoms with Crippen LogP contribution in [0.2, 0.25) is 0 Å². The first kappa shape index (κ1) is 16.6. The first-order valence-electron chi connectivity index (χ1n) is 7.83. The number of nitrogens with zero attached hydrogens (tertiary/aromatic N) is 2. The molecule has 3 aromatic rings. The summed E-state index contributed by atoms with van der Waals surface area (Å²) in [6.07, 6.45) is 5.07. The highest BCUT2D eigenvalue weighted by atomic mass is 19.1. The van der Waals surface area contributed by atoms with Crippen LogP contribution in [0.1, 0.15) is 21.6 Å². The summed E-state index contributed by atoms with van der Waals surface area (Å²) in [7, 11) is 0. The average molecular weight is 336 g/mol. The summed E-state index contributed by atoms with van der Waals surface area (Å²) in [6, 6.07) is 13.6. The predicted molar refractivity (Wildman–Crippen MR) is 93.4 cm³/mol. The number of anilines is 1. The zero-order valence-electron chi connectivity index (χ0n) is 13.4. The molecule has 0 aliphatic rings. The predicted octanol–water partition coefficient (Wildman–Crippen LogP) is 3.16. The maximum absolute atomic E-state index is 13.5. The fourth-order valence-electron chi connectivity index (χ4n) is 2.25. The maximum Gasteiger partial charge on any atom is 0.270 e. The zero-order chi connectivity index (χ0) is 17.5. The van der Waals surface area contributed by atoms with Gasteiger partial charge in [0.25, 0.3) is 5.91 Å². The van der Waals surface area contributed by atoms with Gasteiger partial charge >= 0.3 is 0 Å². The highest BCUT2D eigenvalue weighted by Gasteiger charge is 2.08. The molecule has 0 fully saturated rings. The number of amides is 1. The van der Waals surface area contributed by atoms with Crippen LogP contribution in [0.25, 0.3) is 0 Å². The molecule has 3 rings (SSSR count). The van der Waals surface area contributed by atoms with Crippen molar-refractivity contribution in [1.82, 2.24) is 15.3 Å². The monoisotopic (exact) mass is 336 g/mol. The molecule has 0 saturated heterocycles. The van der Waals surface area contributed by atoms with Gasteiger partial charge < -0.3 is 10.6 Å². The highest BCUT2D eigenvalue weighted by molar-refractivity contribution is 5.92. The molecule has 2 heterocycles. The normalized spacial score (nSPS) is 10.3. The Morgan fingerprint density at radius 1 is 1.00 bits per heavy atom. The Morgan fingerprint density at radius 3 is 2.52 bits per heavy atom. The molecular weight excluding hydrogens is 319 g/mol. The lowest BCUT2D eigenvalue weighted by atomic mass is 10.2. The van der Waals surface area contributed by atoms with Gasteiger partial charge in [0.05, 0.1) is 11.9 Å². The molecule has 6 heteroatoms. The van der Waals surface area contributed by atoms with Gasteiger partial charge in [-0.2, -0.15) is 0 Å². The molecule has 5 nitrogen and oxygen atoms in total. The summed E-state index contributed by atoms with van der Waals surface area (Å²) in [5, 5.41) is 5.89. The Kier molecular flexibility index (Phi) is 5.31. The summed E-state index contributed by atoms with van der Waals surface area (Å²) in [6.45, 7) is 0.762. The summed E-state index contributed by atoms with van der Waals surface area (Å²) in [5.41, 5.74) is 2.63. The lowest BCUT2D eigenvalue weighted by Gasteiger charge is -2.08. The molecule has 1 aromatic carbocycles. The molecule has 0 aliphatic heterocycles. The van der Waals surface area contributed by atoms with Crippen LogP contribution in [0.5, 0.6) is 0 Å². The van der Waals surface area contributed by atoms with Crippen LogP contribution in [-0.4, -0.2) is 15.9 Å². The largest absolute Gasteiger partial charge is 0.380 e. The Hall–Kier alpha value is -3.28. The number of hydrogen-bond acceptors (Lipinski definition) is 4. The lowest BCUT2D eigenvalue weighted by Crippen LogP contribution is -2.24. The number of nitrogens with one attached hydrogen (secondary N) is 2. The Balaban J connectivity index is 1.54. The molecule has 1 amide bonds. The van der Waals surface area contributed by atoms with Crippen molar-refractivity contribution in [2.75, 3.05) is 5.32 Å². The number of rotatable bonds is 6. The van der Waals surface area contributed by atoms with Gasteiger partial charge in [0.1, 0.15) is 11.5 Å². The van der Waals surface area contributed by atoms with E-state index >= 15 is 0 Å². The molecule has 0 bridgehead atoms. The number of carbonyl (C=O) groups is 1. The molecule has 0 spiro atoms. The zero-order valence-corrected chi connectivity index (χ0v) is 13.4. The summed E-state index contributed by atoms with van der Waals surface area (Å²) in [5.74, 6) is -0.685. The second kappa shape index (κ2) is 8.01. The molecule has 0 aliphatic carbocycles. The third kappa shape index (κ3) is 4.60. The van der Waals surface area contributed by atoms with Crippen LogP contribution in [-0.2, 0) is 13.1 Å². The van der Waals surface area contributed by atoms with Crippen LogP contribution in [0, 0.1) is 5.82 Å². The number of hydrogen-bond donors (Lipinski definition) is 2. The first-order chi connectivity index (χ1) is 12.2. The van der Waals surface area contributed by atoms with Crippen molar-refractivity contribution in [3.05, 3.63) is 89.8 Å². The molecule has 2 aromatic heterocycles. The van der Waals surface area contributed by atoms with Crippen molar-refractivity contribution in [3.63, 3.8) is 0 Å². The molecular formula is C19H17FN4O. The fourth-order valence-corrected chi connectivity index (χ4v) is 2.25. The van der Waals surface area contributed by atoms with E-state index in [1.54, 1.807) is 48.9 Å². The third-order valence-corrected chi connectivity index (χ3v) is 3.64. The molecule has 126 valence electrons. The van der Waals surface area contributed by atoms with E-state index in [0.717, 1.165) is 11.3 Å². The number of carbonyl (C=O) groups excluding carboxylic acids is 1. The van der Waals surface area contributed by atoms with E-state index in [0.29, 0.717) is 12.1 Å². The van der Waals surface area contributed by atoms with E-state index in [1.165, 1.54) is 6.07 Å². The highest BCUT2D eigenvalue weighted by Crippen LogP contribution is 2.09. The number of halogens is 1. The van der Waals surface area contributed by atoms with Crippen LogP contribution in [0.4, 0.5) is 10.1 Å². The van der Waals surface area contributed by atoms with Gasteiger partial charge in [-0.1, -0.05) is 18.2 Å². The van der Waals surface area contributed by atoms with E-state index in [-0.39, 0.29) is 24.0 Å². The minimum atomic E-state index is -0.344. The van der Waals surface area contributed by atoms with Gasteiger partial charge in [0, 0.05) is 31.0 Å². The van der Waals surface area contributed by atoms with Crippen LogP contribution in [0.15, 0.2) is 67.1 Å². The first-order valence-corrected chi connectivity index (χ1v) is 7.83. The number of aromatic nitrogens is 2. The van der Waals surface area contributed by atoms with E-state index < -0.39 is 0 Å². The van der Waals surface area contributed by atoms with Gasteiger partial charge in [-0.3, -0.25) is 9.78 Å².